The van der Waals surface area contributed by atoms with Gasteiger partial charge in [-0.3, -0.25) is 10.3 Å². The van der Waals surface area contributed by atoms with Gasteiger partial charge in [0.1, 0.15) is 10.6 Å². The van der Waals surface area contributed by atoms with Gasteiger partial charge in [-0.1, -0.05) is 6.07 Å². The van der Waals surface area contributed by atoms with E-state index < -0.39 is 26.9 Å². The molecule has 0 radical (unpaired) electrons. The molecule has 0 saturated carbocycles. The van der Waals surface area contributed by atoms with Crippen molar-refractivity contribution < 1.29 is 32.2 Å². The quantitative estimate of drug-likeness (QED) is 0.437. The lowest BCUT2D eigenvalue weighted by Crippen LogP contribution is -2.35. The van der Waals surface area contributed by atoms with Gasteiger partial charge in [-0.25, -0.2) is 22.7 Å². The molecule has 13 nitrogen and oxygen atoms in total. The number of nitrogens with one attached hydrogen (secondary N) is 2. The first-order valence-corrected chi connectivity index (χ1v) is 11.4. The van der Waals surface area contributed by atoms with Crippen LogP contribution in [-0.4, -0.2) is 60.6 Å². The smallest absolute Gasteiger partial charge is 0.351 e. The summed E-state index contributed by atoms with van der Waals surface area (Å²) in [4.78, 5) is 35.8. The number of urea groups is 1. The topological polar surface area (TPSA) is 172 Å². The number of pyridine rings is 1. The average Bonchev–Trinajstić information content (AvgIpc) is 3.25. The zero-order chi connectivity index (χ0) is 24.0. The summed E-state index contributed by atoms with van der Waals surface area (Å²) in [7, 11) is -1.93. The van der Waals surface area contributed by atoms with Crippen LogP contribution in [0, 0.1) is 0 Å². The summed E-state index contributed by atoms with van der Waals surface area (Å²) in [6.45, 7) is 1.58. The molecule has 3 aromatic heterocycles. The van der Waals surface area contributed by atoms with E-state index in [-0.39, 0.29) is 40.6 Å². The fourth-order valence-corrected chi connectivity index (χ4v) is 4.80. The lowest BCUT2D eigenvalue weighted by Gasteiger charge is -2.10. The second-order valence-electron chi connectivity index (χ2n) is 5.96. The number of hydrogen-bond acceptors (Lipinski definition) is 12. The van der Waals surface area contributed by atoms with E-state index in [1.54, 1.807) is 19.1 Å². The van der Waals surface area contributed by atoms with Crippen molar-refractivity contribution in [3.63, 3.8) is 0 Å². The molecule has 174 valence electrons. The maximum absolute atomic E-state index is 13.1. The Balaban J connectivity index is 1.95. The number of amides is 2. The minimum Gasteiger partial charge on any atom is -0.481 e. The molecule has 0 aliphatic rings. The Morgan fingerprint density at radius 3 is 2.39 bits per heavy atom. The van der Waals surface area contributed by atoms with Crippen LogP contribution in [0.1, 0.15) is 16.6 Å². The highest BCUT2D eigenvalue weighted by molar-refractivity contribution is 7.90. The fourth-order valence-electron chi connectivity index (χ4n) is 2.49. The molecular weight excluding hydrogens is 476 g/mol. The van der Waals surface area contributed by atoms with Gasteiger partial charge in [0, 0.05) is 6.20 Å². The van der Waals surface area contributed by atoms with Crippen LogP contribution in [-0.2, 0) is 14.8 Å². The van der Waals surface area contributed by atoms with Gasteiger partial charge in [-0.05, 0) is 30.6 Å². The number of ether oxygens (including phenoxy) is 3. The molecule has 3 heterocycles. The van der Waals surface area contributed by atoms with E-state index in [2.05, 4.69) is 24.6 Å². The Kier molecular flexibility index (Phi) is 7.34. The summed E-state index contributed by atoms with van der Waals surface area (Å²) < 4.78 is 47.0. The normalized spacial score (nSPS) is 10.9. The molecule has 15 heteroatoms. The Morgan fingerprint density at radius 1 is 1.12 bits per heavy atom. The first-order chi connectivity index (χ1) is 15.8. The minimum absolute atomic E-state index is 0.0120. The number of aromatic nitrogens is 4. The number of methoxy groups -OCH3 is 2. The number of esters is 1. The van der Waals surface area contributed by atoms with Crippen molar-refractivity contribution >= 4 is 39.5 Å². The van der Waals surface area contributed by atoms with Crippen molar-refractivity contribution in [2.45, 2.75) is 11.8 Å². The number of sulfonamides is 1. The highest BCUT2D eigenvalue weighted by Gasteiger charge is 2.33. The summed E-state index contributed by atoms with van der Waals surface area (Å²) in [5, 5.41) is 2.18. The molecule has 3 aromatic rings. The van der Waals surface area contributed by atoms with Crippen molar-refractivity contribution in [1.82, 2.24) is 24.0 Å². The third kappa shape index (κ3) is 5.50. The van der Waals surface area contributed by atoms with Crippen molar-refractivity contribution in [3.8, 4) is 23.1 Å². The number of hydrogen-bond donors (Lipinski definition) is 2. The Morgan fingerprint density at radius 2 is 1.82 bits per heavy atom. The molecule has 33 heavy (non-hydrogen) atoms. The molecule has 0 aromatic carbocycles. The second-order valence-corrected chi connectivity index (χ2v) is 8.35. The maximum atomic E-state index is 13.1. The van der Waals surface area contributed by atoms with Gasteiger partial charge in [0.15, 0.2) is 4.88 Å². The minimum atomic E-state index is -4.61. The van der Waals surface area contributed by atoms with Crippen molar-refractivity contribution in [3.05, 3.63) is 35.3 Å². The monoisotopic (exact) mass is 494 g/mol. The largest absolute Gasteiger partial charge is 0.481 e. The van der Waals surface area contributed by atoms with Gasteiger partial charge in [-0.15, -0.1) is 0 Å². The number of anilines is 1. The number of rotatable bonds is 8. The van der Waals surface area contributed by atoms with E-state index in [4.69, 9.17) is 14.2 Å². The first kappa shape index (κ1) is 23.8. The van der Waals surface area contributed by atoms with Gasteiger partial charge in [-0.2, -0.15) is 14.3 Å². The Hall–Kier alpha value is -3.85. The first-order valence-electron chi connectivity index (χ1n) is 9.18. The molecule has 0 spiro atoms. The maximum Gasteiger partial charge on any atom is 0.351 e. The molecule has 0 fully saturated rings. The predicted octanol–water partition coefficient (Wildman–Crippen LogP) is 1.70. The van der Waals surface area contributed by atoms with E-state index in [0.29, 0.717) is 11.5 Å². The van der Waals surface area contributed by atoms with Crippen LogP contribution in [0.2, 0.25) is 0 Å². The summed E-state index contributed by atoms with van der Waals surface area (Å²) >= 11 is 0.614. The molecule has 0 aliphatic carbocycles. The van der Waals surface area contributed by atoms with Crippen molar-refractivity contribution in [2.75, 3.05) is 26.1 Å². The van der Waals surface area contributed by atoms with Crippen LogP contribution in [0.15, 0.2) is 35.4 Å². The molecule has 0 bridgehead atoms. The zero-order valence-corrected chi connectivity index (χ0v) is 19.2. The molecule has 0 unspecified atom stereocenters. The third-order valence-corrected chi connectivity index (χ3v) is 6.18. The SMILES string of the molecule is CCOC(=O)c1snc(-c2ccccn2)c1S(=O)(=O)NC(=O)Nc1nc(OC)cc(OC)n1. The number of carbonyl (C=O) groups is 2. The molecule has 2 amide bonds. The molecule has 2 N–H and O–H groups in total. The average molecular weight is 495 g/mol. The fraction of sp³-hybridized carbons (Fsp3) is 0.222. The van der Waals surface area contributed by atoms with Gasteiger partial charge < -0.3 is 14.2 Å². The van der Waals surface area contributed by atoms with Crippen molar-refractivity contribution in [2.24, 2.45) is 0 Å². The van der Waals surface area contributed by atoms with Crippen LogP contribution < -0.4 is 19.5 Å². The van der Waals surface area contributed by atoms with Crippen molar-refractivity contribution in [1.29, 1.82) is 0 Å². The highest BCUT2D eigenvalue weighted by Crippen LogP contribution is 2.32. The van der Waals surface area contributed by atoms with Gasteiger partial charge in [0.25, 0.3) is 10.0 Å². The van der Waals surface area contributed by atoms with Crippen LogP contribution in [0.4, 0.5) is 10.7 Å². The lowest BCUT2D eigenvalue weighted by atomic mass is 10.2. The number of nitrogens with zero attached hydrogens (tertiary/aromatic N) is 4. The summed E-state index contributed by atoms with van der Waals surface area (Å²) in [5.41, 5.74) is 0.0780. The molecular formula is C18H18N6O7S2. The molecule has 0 aliphatic heterocycles. The van der Waals surface area contributed by atoms with Gasteiger partial charge in [0.2, 0.25) is 17.7 Å². The standard InChI is InChI=1S/C18H18N6O7S2/c1-4-31-16(25)14-15(13(23-32-14)10-7-5-6-8-19-10)33(27,28)24-18(26)22-17-20-11(29-2)9-12(21-17)30-3/h5-9H,4H2,1-3H3,(H2,20,21,22,24,26). The summed E-state index contributed by atoms with van der Waals surface area (Å²) in [6.07, 6.45) is 1.43. The Labute approximate surface area is 192 Å². The highest BCUT2D eigenvalue weighted by atomic mass is 32.2. The van der Waals surface area contributed by atoms with Gasteiger partial charge in [0.05, 0.1) is 32.6 Å². The van der Waals surface area contributed by atoms with E-state index in [1.807, 2.05) is 4.72 Å². The lowest BCUT2D eigenvalue weighted by molar-refractivity contribution is 0.0528. The summed E-state index contributed by atoms with van der Waals surface area (Å²) in [6, 6.07) is 4.93. The second kappa shape index (κ2) is 10.2. The van der Waals surface area contributed by atoms with Crippen LogP contribution in [0.5, 0.6) is 11.8 Å². The third-order valence-electron chi connectivity index (χ3n) is 3.84. The Bertz CT molecular complexity index is 1240. The summed E-state index contributed by atoms with van der Waals surface area (Å²) in [5.74, 6) is -1.04. The molecule has 0 saturated heterocycles. The number of carbonyl (C=O) groups excluding carboxylic acids is 2. The van der Waals surface area contributed by atoms with E-state index >= 15 is 0 Å². The van der Waals surface area contributed by atoms with E-state index in [1.165, 1.54) is 32.5 Å². The van der Waals surface area contributed by atoms with Crippen LogP contribution >= 0.6 is 11.5 Å². The van der Waals surface area contributed by atoms with E-state index in [9.17, 15) is 18.0 Å². The van der Waals surface area contributed by atoms with Crippen LogP contribution in [0.25, 0.3) is 11.4 Å². The zero-order valence-electron chi connectivity index (χ0n) is 17.6. The molecule has 0 atom stereocenters. The molecule has 3 rings (SSSR count). The van der Waals surface area contributed by atoms with Crippen LogP contribution in [0.3, 0.4) is 0 Å². The van der Waals surface area contributed by atoms with E-state index in [0.717, 1.165) is 0 Å². The predicted molar refractivity (Wildman–Crippen MR) is 116 cm³/mol. The van der Waals surface area contributed by atoms with Gasteiger partial charge >= 0.3 is 12.0 Å².